The van der Waals surface area contributed by atoms with E-state index in [4.69, 9.17) is 0 Å². The van der Waals surface area contributed by atoms with E-state index in [2.05, 4.69) is 5.32 Å². The number of hydrogen-bond donors (Lipinski definition) is 1. The molecule has 6 heteroatoms. The highest BCUT2D eigenvalue weighted by Crippen LogP contribution is 2.26. The summed E-state index contributed by atoms with van der Waals surface area (Å²) in [7, 11) is 0. The Bertz CT molecular complexity index is 435. The molecule has 1 N–H and O–H groups in total. The van der Waals surface area contributed by atoms with E-state index < -0.39 is 10.7 Å². The Morgan fingerprint density at radius 1 is 1.59 bits per heavy atom. The molecule has 0 unspecified atom stereocenters. The minimum absolute atomic E-state index is 0.214. The first-order valence-corrected chi connectivity index (χ1v) is 5.54. The minimum Gasteiger partial charge on any atom is -0.364 e. The van der Waals surface area contributed by atoms with Crippen molar-refractivity contribution in [2.24, 2.45) is 0 Å². The quantitative estimate of drug-likeness (QED) is 0.639. The number of rotatable bonds is 4. The fourth-order valence-corrected chi connectivity index (χ4v) is 1.96. The van der Waals surface area contributed by atoms with Gasteiger partial charge in [-0.25, -0.2) is 4.39 Å². The van der Waals surface area contributed by atoms with Crippen LogP contribution in [0, 0.1) is 15.9 Å². The van der Waals surface area contributed by atoms with Crippen molar-refractivity contribution in [2.75, 3.05) is 24.5 Å². The molecule has 1 aliphatic heterocycles. The fourth-order valence-electron chi connectivity index (χ4n) is 1.96. The second kappa shape index (κ2) is 4.67. The molecule has 92 valence electrons. The summed E-state index contributed by atoms with van der Waals surface area (Å²) in [4.78, 5) is 11.9. The summed E-state index contributed by atoms with van der Waals surface area (Å²) in [6.45, 7) is 4.27. The molecular formula is C11H14FN3O2. The minimum atomic E-state index is -0.589. The first kappa shape index (κ1) is 11.8. The number of halogens is 1. The van der Waals surface area contributed by atoms with Gasteiger partial charge >= 0.3 is 0 Å². The summed E-state index contributed by atoms with van der Waals surface area (Å²) in [5.74, 6) is -0.534. The summed E-state index contributed by atoms with van der Waals surface area (Å²) in [6, 6.07) is 4.07. The lowest BCUT2D eigenvalue weighted by atomic mass is 10.1. The summed E-state index contributed by atoms with van der Waals surface area (Å²) >= 11 is 0. The Morgan fingerprint density at radius 3 is 2.71 bits per heavy atom. The van der Waals surface area contributed by atoms with Crippen LogP contribution in [0.2, 0.25) is 0 Å². The SMILES string of the molecule is CCN(c1ccc([N+](=O)[O-])cc1F)C1CNC1. The van der Waals surface area contributed by atoms with Crippen LogP contribution in [0.4, 0.5) is 15.8 Å². The van der Waals surface area contributed by atoms with Crippen molar-refractivity contribution >= 4 is 11.4 Å². The maximum atomic E-state index is 13.8. The smallest absolute Gasteiger partial charge is 0.272 e. The summed E-state index contributed by atoms with van der Waals surface area (Å²) in [5, 5.41) is 13.6. The van der Waals surface area contributed by atoms with Gasteiger partial charge in [-0.05, 0) is 13.0 Å². The van der Waals surface area contributed by atoms with Crippen molar-refractivity contribution in [3.8, 4) is 0 Å². The maximum Gasteiger partial charge on any atom is 0.272 e. The molecule has 1 aliphatic rings. The molecule has 1 heterocycles. The highest BCUT2D eigenvalue weighted by molar-refractivity contribution is 5.53. The molecule has 1 aromatic carbocycles. The Hall–Kier alpha value is -1.69. The Morgan fingerprint density at radius 2 is 2.29 bits per heavy atom. The summed E-state index contributed by atoms with van der Waals surface area (Å²) in [5.41, 5.74) is 0.221. The second-order valence-corrected chi connectivity index (χ2v) is 3.99. The summed E-state index contributed by atoms with van der Waals surface area (Å²) in [6.07, 6.45) is 0. The second-order valence-electron chi connectivity index (χ2n) is 3.99. The van der Waals surface area contributed by atoms with Crippen LogP contribution >= 0.6 is 0 Å². The molecule has 1 saturated heterocycles. The van der Waals surface area contributed by atoms with Crippen LogP contribution in [0.1, 0.15) is 6.92 Å². The van der Waals surface area contributed by atoms with Crippen LogP contribution in [-0.2, 0) is 0 Å². The van der Waals surface area contributed by atoms with Gasteiger partial charge in [0.1, 0.15) is 0 Å². The van der Waals surface area contributed by atoms with Gasteiger partial charge in [-0.1, -0.05) is 0 Å². The average molecular weight is 239 g/mol. The van der Waals surface area contributed by atoms with Gasteiger partial charge < -0.3 is 10.2 Å². The number of anilines is 1. The lowest BCUT2D eigenvalue weighted by Gasteiger charge is -2.39. The molecule has 0 amide bonds. The first-order chi connectivity index (χ1) is 8.13. The molecule has 0 bridgehead atoms. The van der Waals surface area contributed by atoms with E-state index in [1.54, 1.807) is 0 Å². The largest absolute Gasteiger partial charge is 0.364 e. The average Bonchev–Trinajstić information content (AvgIpc) is 2.23. The van der Waals surface area contributed by atoms with Crippen molar-refractivity contribution in [3.63, 3.8) is 0 Å². The van der Waals surface area contributed by atoms with E-state index in [0.29, 0.717) is 12.2 Å². The standard InChI is InChI=1S/C11H14FN3O2/c1-2-14(9-6-13-7-9)11-4-3-8(15(16)17)5-10(11)12/h3-5,9,13H,2,6-7H2,1H3. The van der Waals surface area contributed by atoms with E-state index in [1.807, 2.05) is 11.8 Å². The number of hydrogen-bond acceptors (Lipinski definition) is 4. The Labute approximate surface area is 98.4 Å². The van der Waals surface area contributed by atoms with Gasteiger partial charge in [0.05, 0.1) is 22.7 Å². The molecule has 2 rings (SSSR count). The number of nitro benzene ring substituents is 1. The lowest BCUT2D eigenvalue weighted by molar-refractivity contribution is -0.385. The van der Waals surface area contributed by atoms with E-state index in [-0.39, 0.29) is 11.7 Å². The zero-order valence-electron chi connectivity index (χ0n) is 9.52. The van der Waals surface area contributed by atoms with Crippen molar-refractivity contribution in [3.05, 3.63) is 34.1 Å². The highest BCUT2D eigenvalue weighted by atomic mass is 19.1. The van der Waals surface area contributed by atoms with Gasteiger partial charge in [-0.3, -0.25) is 10.1 Å². The normalized spacial score (nSPS) is 15.4. The number of benzene rings is 1. The molecule has 0 saturated carbocycles. The zero-order chi connectivity index (χ0) is 12.4. The van der Waals surface area contributed by atoms with Crippen molar-refractivity contribution in [1.82, 2.24) is 5.32 Å². The lowest BCUT2D eigenvalue weighted by Crippen LogP contribution is -2.57. The third-order valence-electron chi connectivity index (χ3n) is 2.99. The van der Waals surface area contributed by atoms with Gasteiger partial charge in [-0.2, -0.15) is 0 Å². The topological polar surface area (TPSA) is 58.4 Å². The van der Waals surface area contributed by atoms with Crippen LogP contribution in [0.15, 0.2) is 18.2 Å². The van der Waals surface area contributed by atoms with Gasteiger partial charge in [0, 0.05) is 25.7 Å². The van der Waals surface area contributed by atoms with Gasteiger partial charge in [-0.15, -0.1) is 0 Å². The third kappa shape index (κ3) is 2.21. The van der Waals surface area contributed by atoms with Crippen LogP contribution in [0.5, 0.6) is 0 Å². The number of nitro groups is 1. The van der Waals surface area contributed by atoms with Crippen molar-refractivity contribution in [2.45, 2.75) is 13.0 Å². The Kier molecular flexibility index (Phi) is 3.23. The summed E-state index contributed by atoms with van der Waals surface area (Å²) < 4.78 is 13.8. The monoisotopic (exact) mass is 239 g/mol. The molecule has 0 atom stereocenters. The van der Waals surface area contributed by atoms with Crippen LogP contribution in [-0.4, -0.2) is 30.6 Å². The number of likely N-dealkylation sites (N-methyl/N-ethyl adjacent to an activating group) is 1. The maximum absolute atomic E-state index is 13.8. The van der Waals surface area contributed by atoms with Crippen molar-refractivity contribution < 1.29 is 9.31 Å². The zero-order valence-corrected chi connectivity index (χ0v) is 9.52. The predicted octanol–water partition coefficient (Wildman–Crippen LogP) is 1.53. The van der Waals surface area contributed by atoms with E-state index >= 15 is 0 Å². The molecule has 0 spiro atoms. The molecule has 17 heavy (non-hydrogen) atoms. The first-order valence-electron chi connectivity index (χ1n) is 5.54. The van der Waals surface area contributed by atoms with E-state index in [1.165, 1.54) is 12.1 Å². The molecular weight excluding hydrogens is 225 g/mol. The van der Waals surface area contributed by atoms with Crippen molar-refractivity contribution in [1.29, 1.82) is 0 Å². The molecule has 0 aliphatic carbocycles. The van der Waals surface area contributed by atoms with Crippen LogP contribution in [0.3, 0.4) is 0 Å². The highest BCUT2D eigenvalue weighted by Gasteiger charge is 2.26. The number of non-ortho nitro benzene ring substituents is 1. The van der Waals surface area contributed by atoms with Crippen LogP contribution in [0.25, 0.3) is 0 Å². The molecule has 1 aromatic rings. The van der Waals surface area contributed by atoms with Gasteiger partial charge in [0.2, 0.25) is 0 Å². The Balaban J connectivity index is 2.27. The molecule has 0 aromatic heterocycles. The molecule has 1 fully saturated rings. The third-order valence-corrected chi connectivity index (χ3v) is 2.99. The van der Waals surface area contributed by atoms with Gasteiger partial charge in [0.25, 0.3) is 5.69 Å². The fraction of sp³-hybridized carbons (Fsp3) is 0.455. The van der Waals surface area contributed by atoms with E-state index in [9.17, 15) is 14.5 Å². The van der Waals surface area contributed by atoms with Crippen LogP contribution < -0.4 is 10.2 Å². The predicted molar refractivity (Wildman–Crippen MR) is 62.7 cm³/mol. The molecule has 0 radical (unpaired) electrons. The molecule has 5 nitrogen and oxygen atoms in total. The number of nitrogens with zero attached hydrogens (tertiary/aromatic N) is 2. The van der Waals surface area contributed by atoms with Gasteiger partial charge in [0.15, 0.2) is 5.82 Å². The number of nitrogens with one attached hydrogen (secondary N) is 1. The van der Waals surface area contributed by atoms with E-state index in [0.717, 1.165) is 19.2 Å².